The van der Waals surface area contributed by atoms with Gasteiger partial charge in [-0.3, -0.25) is 0 Å². The molecule has 0 radical (unpaired) electrons. The summed E-state index contributed by atoms with van der Waals surface area (Å²) in [5.74, 6) is 2.13. The molecule has 0 aliphatic rings. The van der Waals surface area contributed by atoms with Gasteiger partial charge >= 0.3 is 6.18 Å². The predicted octanol–water partition coefficient (Wildman–Crippen LogP) is 3.94. The van der Waals surface area contributed by atoms with E-state index in [0.29, 0.717) is 5.56 Å². The minimum absolute atomic E-state index is 0.270. The fourth-order valence-electron chi connectivity index (χ4n) is 1.62. The minimum atomic E-state index is -4.27. The van der Waals surface area contributed by atoms with Crippen molar-refractivity contribution < 1.29 is 13.2 Å². The standard InChI is InChI=1S/C13H18F3NS/c1-2-18-9-5-8-17-10-11-6-3-4-7-12(11)13(14,15)16/h3-4,6-7,17H,2,5,8-10H2,1H3. The van der Waals surface area contributed by atoms with Crippen molar-refractivity contribution in [2.75, 3.05) is 18.1 Å². The van der Waals surface area contributed by atoms with Gasteiger partial charge < -0.3 is 5.32 Å². The monoisotopic (exact) mass is 277 g/mol. The average molecular weight is 277 g/mol. The Morgan fingerprint density at radius 2 is 1.94 bits per heavy atom. The molecule has 0 amide bonds. The Hall–Kier alpha value is -0.680. The van der Waals surface area contributed by atoms with Gasteiger partial charge in [-0.05, 0) is 36.1 Å². The Balaban J connectivity index is 2.43. The van der Waals surface area contributed by atoms with Crippen molar-refractivity contribution >= 4 is 11.8 Å². The van der Waals surface area contributed by atoms with Crippen LogP contribution in [0.15, 0.2) is 24.3 Å². The molecule has 1 nitrogen and oxygen atoms in total. The number of benzene rings is 1. The molecule has 0 fully saturated rings. The van der Waals surface area contributed by atoms with Gasteiger partial charge in [0.05, 0.1) is 5.56 Å². The largest absolute Gasteiger partial charge is 0.416 e. The van der Waals surface area contributed by atoms with Crippen molar-refractivity contribution in [2.45, 2.75) is 26.1 Å². The van der Waals surface area contributed by atoms with Gasteiger partial charge in [0, 0.05) is 6.54 Å². The first-order chi connectivity index (χ1) is 8.55. The lowest BCUT2D eigenvalue weighted by Crippen LogP contribution is -2.18. The van der Waals surface area contributed by atoms with Crippen molar-refractivity contribution in [2.24, 2.45) is 0 Å². The van der Waals surface area contributed by atoms with E-state index >= 15 is 0 Å². The number of nitrogens with one attached hydrogen (secondary N) is 1. The summed E-state index contributed by atoms with van der Waals surface area (Å²) in [5.41, 5.74) is -0.228. The van der Waals surface area contributed by atoms with Crippen LogP contribution in [-0.4, -0.2) is 18.1 Å². The second kappa shape index (κ2) is 7.69. The topological polar surface area (TPSA) is 12.0 Å². The molecule has 0 unspecified atom stereocenters. The zero-order chi connectivity index (χ0) is 13.4. The molecule has 0 aliphatic carbocycles. The van der Waals surface area contributed by atoms with Crippen LogP contribution < -0.4 is 5.32 Å². The van der Waals surface area contributed by atoms with Gasteiger partial charge in [-0.25, -0.2) is 0 Å². The van der Waals surface area contributed by atoms with E-state index in [1.807, 2.05) is 11.8 Å². The van der Waals surface area contributed by atoms with Gasteiger partial charge in [0.1, 0.15) is 0 Å². The SMILES string of the molecule is CCSCCCNCc1ccccc1C(F)(F)F. The second-order valence-corrected chi connectivity index (χ2v) is 5.28. The normalized spacial score (nSPS) is 11.8. The summed E-state index contributed by atoms with van der Waals surface area (Å²) in [6.07, 6.45) is -3.29. The van der Waals surface area contributed by atoms with Gasteiger partial charge in [-0.15, -0.1) is 0 Å². The van der Waals surface area contributed by atoms with Crippen LogP contribution in [0.2, 0.25) is 0 Å². The highest BCUT2D eigenvalue weighted by Crippen LogP contribution is 2.31. The Labute approximate surface area is 110 Å². The first-order valence-electron chi connectivity index (χ1n) is 5.99. The molecule has 1 aromatic rings. The second-order valence-electron chi connectivity index (χ2n) is 3.88. The number of hydrogen-bond donors (Lipinski definition) is 1. The first-order valence-corrected chi connectivity index (χ1v) is 7.14. The molecule has 1 aromatic carbocycles. The van der Waals surface area contributed by atoms with E-state index < -0.39 is 11.7 Å². The smallest absolute Gasteiger partial charge is 0.313 e. The summed E-state index contributed by atoms with van der Waals surface area (Å²) >= 11 is 1.84. The summed E-state index contributed by atoms with van der Waals surface area (Å²) in [6.45, 7) is 3.11. The van der Waals surface area contributed by atoms with Crippen molar-refractivity contribution in [3.05, 3.63) is 35.4 Å². The van der Waals surface area contributed by atoms with E-state index in [0.717, 1.165) is 30.5 Å². The molecular formula is C13H18F3NS. The number of rotatable bonds is 7. The first kappa shape index (κ1) is 15.4. The number of alkyl halides is 3. The van der Waals surface area contributed by atoms with Crippen LogP contribution in [0.4, 0.5) is 13.2 Å². The molecule has 0 atom stereocenters. The van der Waals surface area contributed by atoms with Crippen LogP contribution in [-0.2, 0) is 12.7 Å². The van der Waals surface area contributed by atoms with Crippen LogP contribution in [0.1, 0.15) is 24.5 Å². The van der Waals surface area contributed by atoms with E-state index in [2.05, 4.69) is 12.2 Å². The Kier molecular flexibility index (Phi) is 6.57. The maximum absolute atomic E-state index is 12.7. The van der Waals surface area contributed by atoms with Gasteiger partial charge in [0.25, 0.3) is 0 Å². The van der Waals surface area contributed by atoms with Crippen LogP contribution in [0.3, 0.4) is 0 Å². The van der Waals surface area contributed by atoms with Crippen molar-refractivity contribution in [3.8, 4) is 0 Å². The van der Waals surface area contributed by atoms with Crippen LogP contribution >= 0.6 is 11.8 Å². The van der Waals surface area contributed by atoms with Gasteiger partial charge in [-0.1, -0.05) is 25.1 Å². The molecule has 102 valence electrons. The van der Waals surface area contributed by atoms with Crippen LogP contribution in [0.25, 0.3) is 0 Å². The third-order valence-corrected chi connectivity index (χ3v) is 3.47. The number of halogens is 3. The van der Waals surface area contributed by atoms with E-state index in [4.69, 9.17) is 0 Å². The number of hydrogen-bond acceptors (Lipinski definition) is 2. The average Bonchev–Trinajstić information content (AvgIpc) is 2.33. The number of thioether (sulfide) groups is 1. The Bertz CT molecular complexity index is 352. The van der Waals surface area contributed by atoms with Crippen LogP contribution in [0, 0.1) is 0 Å². The van der Waals surface area contributed by atoms with Gasteiger partial charge in [0.2, 0.25) is 0 Å². The highest BCUT2D eigenvalue weighted by Gasteiger charge is 2.32. The Morgan fingerprint density at radius 3 is 2.61 bits per heavy atom. The molecule has 0 aliphatic heterocycles. The fourth-order valence-corrected chi connectivity index (χ4v) is 2.25. The third kappa shape index (κ3) is 5.31. The maximum Gasteiger partial charge on any atom is 0.416 e. The molecule has 0 bridgehead atoms. The van der Waals surface area contributed by atoms with Gasteiger partial charge in [0.15, 0.2) is 0 Å². The van der Waals surface area contributed by atoms with E-state index in [1.54, 1.807) is 6.07 Å². The molecule has 0 spiro atoms. The molecular weight excluding hydrogens is 259 g/mol. The molecule has 0 aromatic heterocycles. The summed E-state index contributed by atoms with van der Waals surface area (Å²) in [6, 6.07) is 5.71. The summed E-state index contributed by atoms with van der Waals surface area (Å²) in [5, 5.41) is 3.06. The summed E-state index contributed by atoms with van der Waals surface area (Å²) in [4.78, 5) is 0. The predicted molar refractivity (Wildman–Crippen MR) is 70.8 cm³/mol. The highest BCUT2D eigenvalue weighted by atomic mass is 32.2. The van der Waals surface area contributed by atoms with Crippen molar-refractivity contribution in [1.29, 1.82) is 0 Å². The summed E-state index contributed by atoms with van der Waals surface area (Å²) in [7, 11) is 0. The molecule has 0 heterocycles. The zero-order valence-corrected chi connectivity index (χ0v) is 11.2. The zero-order valence-electron chi connectivity index (χ0n) is 10.4. The summed E-state index contributed by atoms with van der Waals surface area (Å²) < 4.78 is 38.1. The maximum atomic E-state index is 12.7. The molecule has 1 N–H and O–H groups in total. The molecule has 0 saturated carbocycles. The highest BCUT2D eigenvalue weighted by molar-refractivity contribution is 7.99. The lowest BCUT2D eigenvalue weighted by Gasteiger charge is -2.13. The molecule has 0 saturated heterocycles. The molecule has 5 heteroatoms. The van der Waals surface area contributed by atoms with E-state index in [9.17, 15) is 13.2 Å². The van der Waals surface area contributed by atoms with Crippen molar-refractivity contribution in [1.82, 2.24) is 5.32 Å². The van der Waals surface area contributed by atoms with Crippen LogP contribution in [0.5, 0.6) is 0 Å². The fraction of sp³-hybridized carbons (Fsp3) is 0.538. The quantitative estimate of drug-likeness (QED) is 0.758. The lowest BCUT2D eigenvalue weighted by molar-refractivity contribution is -0.138. The Morgan fingerprint density at radius 1 is 1.22 bits per heavy atom. The third-order valence-electron chi connectivity index (χ3n) is 2.48. The van der Waals surface area contributed by atoms with Gasteiger partial charge in [-0.2, -0.15) is 24.9 Å². The minimum Gasteiger partial charge on any atom is -0.313 e. The van der Waals surface area contributed by atoms with E-state index in [1.165, 1.54) is 12.1 Å². The molecule has 1 rings (SSSR count). The van der Waals surface area contributed by atoms with Crippen molar-refractivity contribution in [3.63, 3.8) is 0 Å². The van der Waals surface area contributed by atoms with E-state index in [-0.39, 0.29) is 6.54 Å². The molecule has 18 heavy (non-hydrogen) atoms. The lowest BCUT2D eigenvalue weighted by atomic mass is 10.1.